The van der Waals surface area contributed by atoms with E-state index in [4.69, 9.17) is 0 Å². The highest BCUT2D eigenvalue weighted by atomic mass is 79.9. The van der Waals surface area contributed by atoms with E-state index in [2.05, 4.69) is 59.3 Å². The summed E-state index contributed by atoms with van der Waals surface area (Å²) in [5.41, 5.74) is 5.05. The van der Waals surface area contributed by atoms with Crippen LogP contribution in [0.3, 0.4) is 0 Å². The quantitative estimate of drug-likeness (QED) is 0.549. The number of hydrogen-bond acceptors (Lipinski definition) is 2. The zero-order chi connectivity index (χ0) is 21.3. The minimum absolute atomic E-state index is 0.130. The average Bonchev–Trinajstić information content (AvgIpc) is 2.97. The first kappa shape index (κ1) is 21.4. The highest BCUT2D eigenvalue weighted by Crippen LogP contribution is 2.32. The maximum atomic E-state index is 13.1. The Balaban J connectivity index is 1.97. The summed E-state index contributed by atoms with van der Waals surface area (Å²) in [4.78, 5) is 28.4. The number of rotatable bonds is 6. The van der Waals surface area contributed by atoms with Gasteiger partial charge >= 0.3 is 0 Å². The number of aryl methyl sites for hydroxylation is 3. The second-order valence-corrected chi connectivity index (χ2v) is 8.83. The van der Waals surface area contributed by atoms with Crippen LogP contribution in [-0.2, 0) is 20.0 Å². The Morgan fingerprint density at radius 2 is 2.00 bits per heavy atom. The fourth-order valence-electron chi connectivity index (χ4n) is 3.91. The number of halogens is 1. The topological polar surface area (TPSA) is 66.9 Å². The molecule has 154 valence electrons. The second-order valence-electron chi connectivity index (χ2n) is 7.92. The van der Waals surface area contributed by atoms with Crippen molar-refractivity contribution in [3.8, 4) is 0 Å². The SMILES string of the molecule is CCCc1cc(C)[nH]c(=O)c1CNC(=O)c1cc(Br)cc2c(C(C)C)cn(C)c12. The van der Waals surface area contributed by atoms with Gasteiger partial charge in [-0.25, -0.2) is 0 Å². The molecule has 0 unspecified atom stereocenters. The van der Waals surface area contributed by atoms with Gasteiger partial charge in [0.05, 0.1) is 11.1 Å². The van der Waals surface area contributed by atoms with Gasteiger partial charge in [-0.3, -0.25) is 9.59 Å². The molecule has 29 heavy (non-hydrogen) atoms. The lowest BCUT2D eigenvalue weighted by Gasteiger charge is -2.12. The molecule has 6 heteroatoms. The van der Waals surface area contributed by atoms with Gasteiger partial charge in [0.15, 0.2) is 0 Å². The Bertz CT molecular complexity index is 1130. The van der Waals surface area contributed by atoms with Crippen molar-refractivity contribution in [3.05, 3.63) is 67.2 Å². The molecule has 0 aliphatic carbocycles. The van der Waals surface area contributed by atoms with Crippen LogP contribution in [0.4, 0.5) is 0 Å². The number of pyridine rings is 1. The van der Waals surface area contributed by atoms with Crippen molar-refractivity contribution in [2.45, 2.75) is 53.0 Å². The smallest absolute Gasteiger partial charge is 0.253 e. The summed E-state index contributed by atoms with van der Waals surface area (Å²) in [5, 5.41) is 4.04. The summed E-state index contributed by atoms with van der Waals surface area (Å²) >= 11 is 3.55. The number of nitrogens with zero attached hydrogens (tertiary/aromatic N) is 1. The molecule has 2 heterocycles. The normalized spacial score (nSPS) is 11.4. The summed E-state index contributed by atoms with van der Waals surface area (Å²) in [7, 11) is 1.96. The largest absolute Gasteiger partial charge is 0.350 e. The second kappa shape index (κ2) is 8.57. The van der Waals surface area contributed by atoms with Crippen LogP contribution in [0.15, 0.2) is 33.7 Å². The van der Waals surface area contributed by atoms with Crippen molar-refractivity contribution in [2.24, 2.45) is 7.05 Å². The van der Waals surface area contributed by atoms with Crippen molar-refractivity contribution in [1.29, 1.82) is 0 Å². The number of carbonyl (C=O) groups excluding carboxylic acids is 1. The fraction of sp³-hybridized carbons (Fsp3) is 0.391. The van der Waals surface area contributed by atoms with E-state index in [-0.39, 0.29) is 18.0 Å². The number of fused-ring (bicyclic) bond motifs is 1. The van der Waals surface area contributed by atoms with Crippen molar-refractivity contribution in [3.63, 3.8) is 0 Å². The number of nitrogens with one attached hydrogen (secondary N) is 2. The first-order valence-electron chi connectivity index (χ1n) is 10.0. The van der Waals surface area contributed by atoms with E-state index in [1.54, 1.807) is 0 Å². The third-order valence-corrected chi connectivity index (χ3v) is 5.70. The highest BCUT2D eigenvalue weighted by Gasteiger charge is 2.19. The molecule has 0 aliphatic heterocycles. The molecule has 0 radical (unpaired) electrons. The third-order valence-electron chi connectivity index (χ3n) is 5.25. The molecule has 0 saturated heterocycles. The average molecular weight is 458 g/mol. The molecule has 0 spiro atoms. The number of aromatic nitrogens is 2. The van der Waals surface area contributed by atoms with Crippen molar-refractivity contribution >= 4 is 32.7 Å². The lowest BCUT2D eigenvalue weighted by molar-refractivity contribution is 0.0952. The molecule has 2 N–H and O–H groups in total. The summed E-state index contributed by atoms with van der Waals surface area (Å²) in [6.45, 7) is 8.46. The molecule has 0 atom stereocenters. The van der Waals surface area contributed by atoms with Gasteiger partial charge in [-0.1, -0.05) is 43.1 Å². The van der Waals surface area contributed by atoms with Gasteiger partial charge in [-0.05, 0) is 48.6 Å². The first-order chi connectivity index (χ1) is 13.7. The minimum Gasteiger partial charge on any atom is -0.350 e. The van der Waals surface area contributed by atoms with Gasteiger partial charge < -0.3 is 14.9 Å². The van der Waals surface area contributed by atoms with Crippen LogP contribution in [0.1, 0.15) is 65.9 Å². The Morgan fingerprint density at radius 1 is 1.28 bits per heavy atom. The molecular formula is C23H28BrN3O2. The molecule has 0 saturated carbocycles. The number of amides is 1. The number of carbonyl (C=O) groups is 1. The molecule has 5 nitrogen and oxygen atoms in total. The van der Waals surface area contributed by atoms with Gasteiger partial charge in [0.1, 0.15) is 0 Å². The van der Waals surface area contributed by atoms with Crippen LogP contribution >= 0.6 is 15.9 Å². The van der Waals surface area contributed by atoms with Crippen molar-refractivity contribution in [2.75, 3.05) is 0 Å². The Kier molecular flexibility index (Phi) is 6.32. The van der Waals surface area contributed by atoms with Gasteiger partial charge in [-0.2, -0.15) is 0 Å². The van der Waals surface area contributed by atoms with Crippen LogP contribution < -0.4 is 10.9 Å². The van der Waals surface area contributed by atoms with Crippen LogP contribution in [0, 0.1) is 6.92 Å². The van der Waals surface area contributed by atoms with Gasteiger partial charge in [0.2, 0.25) is 0 Å². The molecule has 2 aromatic heterocycles. The standard InChI is InChI=1S/C23H28BrN3O2/c1-6-7-15-8-14(4)26-23(29)19(15)11-25-22(28)18-10-16(24)9-17-20(13(2)3)12-27(5)21(17)18/h8-10,12-13H,6-7,11H2,1-5H3,(H,25,28)(H,26,29). The van der Waals surface area contributed by atoms with Crippen molar-refractivity contribution in [1.82, 2.24) is 14.9 Å². The zero-order valence-electron chi connectivity index (χ0n) is 17.6. The lowest BCUT2D eigenvalue weighted by atomic mass is 10.0. The third kappa shape index (κ3) is 4.32. The zero-order valence-corrected chi connectivity index (χ0v) is 19.2. The van der Waals surface area contributed by atoms with Crippen LogP contribution in [0.2, 0.25) is 0 Å². The Morgan fingerprint density at radius 3 is 2.66 bits per heavy atom. The number of H-pyrrole nitrogens is 1. The van der Waals surface area contributed by atoms with Crippen molar-refractivity contribution < 1.29 is 4.79 Å². The van der Waals surface area contributed by atoms with E-state index >= 15 is 0 Å². The van der Waals surface area contributed by atoms with E-state index in [9.17, 15) is 9.59 Å². The number of aromatic amines is 1. The van der Waals surface area contributed by atoms with Crippen LogP contribution in [0.25, 0.3) is 10.9 Å². The van der Waals surface area contributed by atoms with E-state index in [1.807, 2.05) is 30.7 Å². The predicted molar refractivity (Wildman–Crippen MR) is 122 cm³/mol. The number of hydrogen-bond donors (Lipinski definition) is 2. The van der Waals surface area contributed by atoms with Crippen LogP contribution in [0.5, 0.6) is 0 Å². The molecule has 1 amide bonds. The Labute approximate surface area is 179 Å². The van der Waals surface area contributed by atoms with E-state index < -0.39 is 0 Å². The van der Waals surface area contributed by atoms with Crippen LogP contribution in [-0.4, -0.2) is 15.5 Å². The molecular weight excluding hydrogens is 430 g/mol. The fourth-order valence-corrected chi connectivity index (χ4v) is 4.37. The van der Waals surface area contributed by atoms with E-state index in [0.717, 1.165) is 39.5 Å². The van der Waals surface area contributed by atoms with E-state index in [1.165, 1.54) is 5.56 Å². The molecule has 0 aliphatic rings. The minimum atomic E-state index is -0.185. The summed E-state index contributed by atoms with van der Waals surface area (Å²) in [6, 6.07) is 5.90. The highest BCUT2D eigenvalue weighted by molar-refractivity contribution is 9.10. The summed E-state index contributed by atoms with van der Waals surface area (Å²) in [6.07, 6.45) is 3.84. The first-order valence-corrected chi connectivity index (χ1v) is 10.8. The monoisotopic (exact) mass is 457 g/mol. The maximum Gasteiger partial charge on any atom is 0.253 e. The summed E-state index contributed by atoms with van der Waals surface area (Å²) < 4.78 is 2.87. The molecule has 1 aromatic carbocycles. The lowest BCUT2D eigenvalue weighted by Crippen LogP contribution is -2.28. The van der Waals surface area contributed by atoms with E-state index in [0.29, 0.717) is 17.0 Å². The predicted octanol–water partition coefficient (Wildman–Crippen LogP) is 4.94. The molecule has 0 fully saturated rings. The van der Waals surface area contributed by atoms with Gasteiger partial charge in [0.25, 0.3) is 11.5 Å². The van der Waals surface area contributed by atoms with Gasteiger partial charge in [-0.15, -0.1) is 0 Å². The molecule has 3 aromatic rings. The maximum absolute atomic E-state index is 13.1. The molecule has 3 rings (SSSR count). The Hall–Kier alpha value is -2.34. The summed E-state index contributed by atoms with van der Waals surface area (Å²) in [5.74, 6) is 0.168. The van der Waals surface area contributed by atoms with Gasteiger partial charge in [0, 0.05) is 40.9 Å². The molecule has 0 bridgehead atoms. The number of benzene rings is 1.